The first-order chi connectivity index (χ1) is 8.18. The molecule has 0 aliphatic carbocycles. The molecule has 1 saturated heterocycles. The first kappa shape index (κ1) is 12.5. The van der Waals surface area contributed by atoms with Crippen molar-refractivity contribution in [3.63, 3.8) is 0 Å². The van der Waals surface area contributed by atoms with Crippen LogP contribution < -0.4 is 0 Å². The molecule has 94 valence electrons. The number of aliphatic hydroxyl groups is 3. The minimum Gasteiger partial charge on any atom is -0.388 e. The minimum atomic E-state index is -1.23. The maximum absolute atomic E-state index is 9.63. The van der Waals surface area contributed by atoms with E-state index in [1.807, 2.05) is 30.3 Å². The number of ether oxygens (including phenoxy) is 2. The lowest BCUT2D eigenvalue weighted by Gasteiger charge is -2.34. The molecule has 0 spiro atoms. The third kappa shape index (κ3) is 3.02. The fourth-order valence-electron chi connectivity index (χ4n) is 1.68. The smallest absolute Gasteiger partial charge is 0.186 e. The Balaban J connectivity index is 1.87. The molecule has 0 aromatic heterocycles. The number of rotatable bonds is 3. The Morgan fingerprint density at radius 1 is 1.12 bits per heavy atom. The van der Waals surface area contributed by atoms with Crippen molar-refractivity contribution >= 4 is 0 Å². The van der Waals surface area contributed by atoms with E-state index in [9.17, 15) is 15.3 Å². The summed E-state index contributed by atoms with van der Waals surface area (Å²) in [7, 11) is 0. The number of hydrogen-bond acceptors (Lipinski definition) is 5. The zero-order valence-corrected chi connectivity index (χ0v) is 9.27. The van der Waals surface area contributed by atoms with Crippen LogP contribution in [0.15, 0.2) is 30.3 Å². The maximum Gasteiger partial charge on any atom is 0.186 e. The predicted octanol–water partition coefficient (Wildman–Crippen LogP) is -0.358. The van der Waals surface area contributed by atoms with E-state index in [1.165, 1.54) is 0 Å². The largest absolute Gasteiger partial charge is 0.388 e. The van der Waals surface area contributed by atoms with Gasteiger partial charge in [-0.3, -0.25) is 0 Å². The van der Waals surface area contributed by atoms with Crippen LogP contribution in [-0.4, -0.2) is 46.5 Å². The normalized spacial score (nSPS) is 33.6. The van der Waals surface area contributed by atoms with E-state index in [2.05, 4.69) is 0 Å². The molecular formula is C12H16O5. The van der Waals surface area contributed by atoms with Crippen LogP contribution in [0.2, 0.25) is 0 Å². The van der Waals surface area contributed by atoms with Crippen LogP contribution in [0.5, 0.6) is 0 Å². The van der Waals surface area contributed by atoms with Gasteiger partial charge in [-0.2, -0.15) is 0 Å². The van der Waals surface area contributed by atoms with Crippen LogP contribution in [0.4, 0.5) is 0 Å². The highest BCUT2D eigenvalue weighted by molar-refractivity contribution is 5.13. The van der Waals surface area contributed by atoms with Gasteiger partial charge in [0.25, 0.3) is 0 Å². The van der Waals surface area contributed by atoms with Crippen LogP contribution in [-0.2, 0) is 16.1 Å². The molecule has 1 aromatic carbocycles. The minimum absolute atomic E-state index is 0.0440. The van der Waals surface area contributed by atoms with E-state index in [1.54, 1.807) is 0 Å². The molecule has 0 amide bonds. The summed E-state index contributed by atoms with van der Waals surface area (Å²) >= 11 is 0. The Bertz CT molecular complexity index is 342. The highest BCUT2D eigenvalue weighted by atomic mass is 16.7. The Labute approximate surface area is 99.2 Å². The fourth-order valence-corrected chi connectivity index (χ4v) is 1.68. The van der Waals surface area contributed by atoms with E-state index in [-0.39, 0.29) is 13.2 Å². The lowest BCUT2D eigenvalue weighted by Crippen LogP contribution is -2.53. The molecule has 1 fully saturated rings. The van der Waals surface area contributed by atoms with Crippen LogP contribution >= 0.6 is 0 Å². The molecular weight excluding hydrogens is 224 g/mol. The van der Waals surface area contributed by atoms with Gasteiger partial charge < -0.3 is 24.8 Å². The van der Waals surface area contributed by atoms with Crippen LogP contribution in [0.25, 0.3) is 0 Å². The number of aliphatic hydroxyl groups excluding tert-OH is 3. The van der Waals surface area contributed by atoms with Gasteiger partial charge in [-0.15, -0.1) is 0 Å². The van der Waals surface area contributed by atoms with Gasteiger partial charge in [0, 0.05) is 0 Å². The average Bonchev–Trinajstić information content (AvgIpc) is 2.36. The molecule has 5 nitrogen and oxygen atoms in total. The van der Waals surface area contributed by atoms with Gasteiger partial charge in [-0.25, -0.2) is 0 Å². The third-order valence-electron chi connectivity index (χ3n) is 2.71. The fraction of sp³-hybridized carbons (Fsp3) is 0.500. The van der Waals surface area contributed by atoms with Crippen molar-refractivity contribution in [3.05, 3.63) is 35.9 Å². The Kier molecular flexibility index (Phi) is 4.09. The molecule has 0 bridgehead atoms. The van der Waals surface area contributed by atoms with Crippen molar-refractivity contribution in [3.8, 4) is 0 Å². The molecule has 4 atom stereocenters. The molecule has 3 N–H and O–H groups in total. The van der Waals surface area contributed by atoms with Crippen molar-refractivity contribution < 1.29 is 24.8 Å². The van der Waals surface area contributed by atoms with Gasteiger partial charge in [0.1, 0.15) is 18.3 Å². The van der Waals surface area contributed by atoms with E-state index >= 15 is 0 Å². The molecule has 1 aliphatic heterocycles. The average molecular weight is 240 g/mol. The Hall–Kier alpha value is -0.980. The molecule has 0 radical (unpaired) electrons. The highest BCUT2D eigenvalue weighted by Gasteiger charge is 2.38. The van der Waals surface area contributed by atoms with Crippen LogP contribution in [0.3, 0.4) is 0 Å². The van der Waals surface area contributed by atoms with Gasteiger partial charge in [-0.1, -0.05) is 30.3 Å². The molecule has 2 rings (SSSR count). The molecule has 0 unspecified atom stereocenters. The molecule has 5 heteroatoms. The monoisotopic (exact) mass is 240 g/mol. The topological polar surface area (TPSA) is 79.2 Å². The number of benzene rings is 1. The summed E-state index contributed by atoms with van der Waals surface area (Å²) < 4.78 is 10.5. The molecule has 1 aliphatic rings. The van der Waals surface area contributed by atoms with E-state index < -0.39 is 24.6 Å². The second kappa shape index (κ2) is 5.57. The first-order valence-electron chi connectivity index (χ1n) is 5.50. The quantitative estimate of drug-likeness (QED) is 0.672. The lowest BCUT2D eigenvalue weighted by atomic mass is 10.1. The van der Waals surface area contributed by atoms with Crippen molar-refractivity contribution in [1.29, 1.82) is 0 Å². The summed E-state index contributed by atoms with van der Waals surface area (Å²) in [5.41, 5.74) is 0.948. The highest BCUT2D eigenvalue weighted by Crippen LogP contribution is 2.17. The predicted molar refractivity (Wildman–Crippen MR) is 59.0 cm³/mol. The van der Waals surface area contributed by atoms with E-state index in [0.29, 0.717) is 0 Å². The van der Waals surface area contributed by atoms with Gasteiger partial charge in [0.2, 0.25) is 0 Å². The zero-order valence-electron chi connectivity index (χ0n) is 9.27. The van der Waals surface area contributed by atoms with Crippen LogP contribution in [0.1, 0.15) is 5.56 Å². The SMILES string of the molecule is O[C@@H]1[C@@H](OCc2ccccc2)OC[C@H](O)[C@@H]1O. The van der Waals surface area contributed by atoms with E-state index in [4.69, 9.17) is 9.47 Å². The molecule has 0 saturated carbocycles. The summed E-state index contributed by atoms with van der Waals surface area (Å²) in [6, 6.07) is 9.45. The first-order valence-corrected chi connectivity index (χ1v) is 5.50. The molecule has 1 heterocycles. The van der Waals surface area contributed by atoms with Gasteiger partial charge in [-0.05, 0) is 5.56 Å². The third-order valence-corrected chi connectivity index (χ3v) is 2.71. The van der Waals surface area contributed by atoms with E-state index in [0.717, 1.165) is 5.56 Å². The zero-order chi connectivity index (χ0) is 12.3. The maximum atomic E-state index is 9.63. The molecule has 1 aromatic rings. The summed E-state index contributed by atoms with van der Waals surface area (Å²) in [5.74, 6) is 0. The van der Waals surface area contributed by atoms with Crippen molar-refractivity contribution in [2.45, 2.75) is 31.2 Å². The summed E-state index contributed by atoms with van der Waals surface area (Å²) in [4.78, 5) is 0. The number of hydrogen-bond donors (Lipinski definition) is 3. The Morgan fingerprint density at radius 3 is 2.53 bits per heavy atom. The van der Waals surface area contributed by atoms with Crippen molar-refractivity contribution in [2.75, 3.05) is 6.61 Å². The standard InChI is InChI=1S/C12H16O5/c13-9-7-17-12(11(15)10(9)14)16-6-8-4-2-1-3-5-8/h1-5,9-15H,6-7H2/t9-,10-,11-,12-/m0/s1. The van der Waals surface area contributed by atoms with Gasteiger partial charge in [0.05, 0.1) is 13.2 Å². The lowest BCUT2D eigenvalue weighted by molar-refractivity contribution is -0.273. The van der Waals surface area contributed by atoms with Crippen LogP contribution in [0, 0.1) is 0 Å². The summed E-state index contributed by atoms with van der Waals surface area (Å²) in [5, 5.41) is 28.3. The van der Waals surface area contributed by atoms with Crippen molar-refractivity contribution in [1.82, 2.24) is 0 Å². The van der Waals surface area contributed by atoms with Gasteiger partial charge in [0.15, 0.2) is 6.29 Å². The summed E-state index contributed by atoms with van der Waals surface area (Å²) in [6.07, 6.45) is -4.44. The van der Waals surface area contributed by atoms with Crippen molar-refractivity contribution in [2.24, 2.45) is 0 Å². The molecule has 17 heavy (non-hydrogen) atoms. The second-order valence-corrected chi connectivity index (χ2v) is 4.05. The van der Waals surface area contributed by atoms with Gasteiger partial charge >= 0.3 is 0 Å². The second-order valence-electron chi connectivity index (χ2n) is 4.05. The Morgan fingerprint density at radius 2 is 1.82 bits per heavy atom. The summed E-state index contributed by atoms with van der Waals surface area (Å²) in [6.45, 7) is 0.239.